The fraction of sp³-hybridized carbons (Fsp3) is 0.417. The monoisotopic (exact) mass is 240 g/mol. The van der Waals surface area contributed by atoms with Gasteiger partial charge in [-0.15, -0.1) is 0 Å². The molecule has 2 N–H and O–H groups in total. The van der Waals surface area contributed by atoms with Gasteiger partial charge in [0.1, 0.15) is 0 Å². The Morgan fingerprint density at radius 1 is 1.31 bits per heavy atom. The minimum atomic E-state index is -0.549. The lowest BCUT2D eigenvalue weighted by atomic mass is 10.1. The van der Waals surface area contributed by atoms with Gasteiger partial charge in [0.05, 0.1) is 5.54 Å². The van der Waals surface area contributed by atoms with Crippen LogP contribution >= 0.6 is 11.6 Å². The molecule has 0 atom stereocenters. The standard InChI is InChI=1S/C12H17ClN2O/c1-12(2,14-3)11(16)15-8-9-4-6-10(13)7-5-9/h4-7,14H,8H2,1-3H3,(H,15,16). The second-order valence-corrected chi connectivity index (χ2v) is 4.62. The Bertz CT molecular complexity index is 360. The van der Waals surface area contributed by atoms with E-state index in [9.17, 15) is 4.79 Å². The Hall–Kier alpha value is -1.06. The number of halogens is 1. The van der Waals surface area contributed by atoms with Gasteiger partial charge in [-0.3, -0.25) is 4.79 Å². The molecule has 0 saturated heterocycles. The fourth-order valence-corrected chi connectivity index (χ4v) is 1.25. The molecule has 0 spiro atoms. The third-order valence-corrected chi connectivity index (χ3v) is 2.81. The van der Waals surface area contributed by atoms with Crippen LogP contribution in [0.15, 0.2) is 24.3 Å². The van der Waals surface area contributed by atoms with Crippen molar-refractivity contribution >= 4 is 17.5 Å². The van der Waals surface area contributed by atoms with Gasteiger partial charge in [0.15, 0.2) is 0 Å². The summed E-state index contributed by atoms with van der Waals surface area (Å²) in [5.74, 6) is -0.0232. The van der Waals surface area contributed by atoms with Crippen molar-refractivity contribution in [3.63, 3.8) is 0 Å². The first-order valence-electron chi connectivity index (χ1n) is 5.17. The van der Waals surface area contributed by atoms with Crippen LogP contribution in [0.2, 0.25) is 5.02 Å². The fourth-order valence-electron chi connectivity index (χ4n) is 1.12. The molecule has 0 saturated carbocycles. The third kappa shape index (κ3) is 3.51. The van der Waals surface area contributed by atoms with Crippen molar-refractivity contribution in [3.8, 4) is 0 Å². The maximum Gasteiger partial charge on any atom is 0.239 e. The predicted octanol–water partition coefficient (Wildman–Crippen LogP) is 1.95. The Morgan fingerprint density at radius 2 is 1.88 bits per heavy atom. The van der Waals surface area contributed by atoms with E-state index >= 15 is 0 Å². The van der Waals surface area contributed by atoms with E-state index in [0.29, 0.717) is 11.6 Å². The first-order chi connectivity index (χ1) is 7.45. The highest BCUT2D eigenvalue weighted by Crippen LogP contribution is 2.09. The van der Waals surface area contributed by atoms with Crippen molar-refractivity contribution < 1.29 is 4.79 Å². The van der Waals surface area contributed by atoms with Crippen LogP contribution in [0.5, 0.6) is 0 Å². The molecule has 4 heteroatoms. The summed E-state index contributed by atoms with van der Waals surface area (Å²) in [7, 11) is 1.77. The number of amides is 1. The largest absolute Gasteiger partial charge is 0.350 e. The number of carbonyl (C=O) groups excluding carboxylic acids is 1. The summed E-state index contributed by atoms with van der Waals surface area (Å²) in [5.41, 5.74) is 0.483. The van der Waals surface area contributed by atoms with E-state index in [1.807, 2.05) is 38.1 Å². The minimum Gasteiger partial charge on any atom is -0.350 e. The normalized spacial score (nSPS) is 11.2. The topological polar surface area (TPSA) is 41.1 Å². The Labute approximate surface area is 101 Å². The van der Waals surface area contributed by atoms with Crippen molar-refractivity contribution in [2.24, 2.45) is 0 Å². The molecule has 0 radical (unpaired) electrons. The summed E-state index contributed by atoms with van der Waals surface area (Å²) in [6.07, 6.45) is 0. The number of nitrogens with one attached hydrogen (secondary N) is 2. The predicted molar refractivity (Wildman–Crippen MR) is 66.4 cm³/mol. The van der Waals surface area contributed by atoms with Crippen molar-refractivity contribution in [3.05, 3.63) is 34.9 Å². The zero-order chi connectivity index (χ0) is 12.2. The van der Waals surface area contributed by atoms with Crippen LogP contribution in [-0.2, 0) is 11.3 Å². The smallest absolute Gasteiger partial charge is 0.239 e. The molecule has 0 aliphatic carbocycles. The molecule has 0 fully saturated rings. The number of likely N-dealkylation sites (N-methyl/N-ethyl adjacent to an activating group) is 1. The van der Waals surface area contributed by atoms with Gasteiger partial charge in [-0.2, -0.15) is 0 Å². The van der Waals surface area contributed by atoms with E-state index in [-0.39, 0.29) is 5.91 Å². The summed E-state index contributed by atoms with van der Waals surface area (Å²) in [6, 6.07) is 7.42. The van der Waals surface area contributed by atoms with Crippen LogP contribution < -0.4 is 10.6 Å². The molecule has 1 aromatic carbocycles. The van der Waals surface area contributed by atoms with Crippen molar-refractivity contribution in [2.45, 2.75) is 25.9 Å². The second kappa shape index (κ2) is 5.32. The van der Waals surface area contributed by atoms with E-state index < -0.39 is 5.54 Å². The lowest BCUT2D eigenvalue weighted by Crippen LogP contribution is -2.50. The average molecular weight is 241 g/mol. The van der Waals surface area contributed by atoms with Gasteiger partial charge in [0.25, 0.3) is 0 Å². The van der Waals surface area contributed by atoms with E-state index in [1.54, 1.807) is 7.05 Å². The maximum atomic E-state index is 11.7. The number of carbonyl (C=O) groups is 1. The van der Waals surface area contributed by atoms with Crippen molar-refractivity contribution in [2.75, 3.05) is 7.05 Å². The molecule has 88 valence electrons. The quantitative estimate of drug-likeness (QED) is 0.845. The van der Waals surface area contributed by atoms with Gasteiger partial charge in [0, 0.05) is 11.6 Å². The first kappa shape index (κ1) is 13.0. The molecule has 16 heavy (non-hydrogen) atoms. The van der Waals surface area contributed by atoms with Crippen LogP contribution in [0.1, 0.15) is 19.4 Å². The highest BCUT2D eigenvalue weighted by Gasteiger charge is 2.24. The zero-order valence-electron chi connectivity index (χ0n) is 9.80. The molecule has 0 aliphatic rings. The van der Waals surface area contributed by atoms with Crippen LogP contribution in [0, 0.1) is 0 Å². The summed E-state index contributed by atoms with van der Waals surface area (Å²) in [6.45, 7) is 4.19. The summed E-state index contributed by atoms with van der Waals surface area (Å²) >= 11 is 5.77. The number of benzene rings is 1. The number of hydrogen-bond donors (Lipinski definition) is 2. The third-order valence-electron chi connectivity index (χ3n) is 2.56. The van der Waals surface area contributed by atoms with Gasteiger partial charge >= 0.3 is 0 Å². The Balaban J connectivity index is 2.52. The molecule has 3 nitrogen and oxygen atoms in total. The minimum absolute atomic E-state index is 0.0232. The molecule has 0 aromatic heterocycles. The Kier molecular flexibility index (Phi) is 4.33. The van der Waals surface area contributed by atoms with Gasteiger partial charge in [0.2, 0.25) is 5.91 Å². The lowest BCUT2D eigenvalue weighted by Gasteiger charge is -2.22. The molecule has 1 rings (SSSR count). The molecule has 0 bridgehead atoms. The van der Waals surface area contributed by atoms with E-state index in [4.69, 9.17) is 11.6 Å². The lowest BCUT2D eigenvalue weighted by molar-refractivity contribution is -0.126. The molecule has 0 aliphatic heterocycles. The highest BCUT2D eigenvalue weighted by molar-refractivity contribution is 6.30. The Morgan fingerprint density at radius 3 is 2.38 bits per heavy atom. The first-order valence-corrected chi connectivity index (χ1v) is 5.55. The van der Waals surface area contributed by atoms with Gasteiger partial charge in [-0.1, -0.05) is 23.7 Å². The summed E-state index contributed by atoms with van der Waals surface area (Å²) < 4.78 is 0. The van der Waals surface area contributed by atoms with Crippen LogP contribution in [0.3, 0.4) is 0 Å². The number of hydrogen-bond acceptors (Lipinski definition) is 2. The highest BCUT2D eigenvalue weighted by atomic mass is 35.5. The van der Waals surface area contributed by atoms with Crippen LogP contribution in [0.25, 0.3) is 0 Å². The van der Waals surface area contributed by atoms with Crippen LogP contribution in [-0.4, -0.2) is 18.5 Å². The van der Waals surface area contributed by atoms with Gasteiger partial charge in [-0.05, 0) is 38.6 Å². The zero-order valence-corrected chi connectivity index (χ0v) is 10.6. The molecule has 0 heterocycles. The van der Waals surface area contributed by atoms with E-state index in [2.05, 4.69) is 10.6 Å². The van der Waals surface area contributed by atoms with Crippen molar-refractivity contribution in [1.29, 1.82) is 0 Å². The van der Waals surface area contributed by atoms with Gasteiger partial charge in [-0.25, -0.2) is 0 Å². The molecule has 1 amide bonds. The SMILES string of the molecule is CNC(C)(C)C(=O)NCc1ccc(Cl)cc1. The molecule has 0 unspecified atom stereocenters. The second-order valence-electron chi connectivity index (χ2n) is 4.18. The van der Waals surface area contributed by atoms with Gasteiger partial charge < -0.3 is 10.6 Å². The molecular weight excluding hydrogens is 224 g/mol. The van der Waals surface area contributed by atoms with Crippen LogP contribution in [0.4, 0.5) is 0 Å². The van der Waals surface area contributed by atoms with Crippen molar-refractivity contribution in [1.82, 2.24) is 10.6 Å². The summed E-state index contributed by atoms with van der Waals surface area (Å²) in [5, 5.41) is 6.52. The maximum absolute atomic E-state index is 11.7. The number of rotatable bonds is 4. The van der Waals surface area contributed by atoms with E-state index in [1.165, 1.54) is 0 Å². The molecular formula is C12H17ClN2O. The summed E-state index contributed by atoms with van der Waals surface area (Å²) in [4.78, 5) is 11.7. The molecule has 1 aromatic rings. The van der Waals surface area contributed by atoms with E-state index in [0.717, 1.165) is 5.56 Å². The average Bonchev–Trinajstić information content (AvgIpc) is 2.28.